The molecule has 0 bridgehead atoms. The first-order valence-electron chi connectivity index (χ1n) is 5.14. The summed E-state index contributed by atoms with van der Waals surface area (Å²) in [6, 6.07) is 8.49. The van der Waals surface area contributed by atoms with E-state index in [0.29, 0.717) is 6.61 Å². The zero-order valence-corrected chi connectivity index (χ0v) is 9.59. The Morgan fingerprint density at radius 3 is 2.53 bits per heavy atom. The van der Waals surface area contributed by atoms with Gasteiger partial charge in [-0.25, -0.2) is 4.79 Å². The largest absolute Gasteiger partial charge is 0.463 e. The van der Waals surface area contributed by atoms with Crippen molar-refractivity contribution in [3.63, 3.8) is 0 Å². The molecule has 5 heteroatoms. The van der Waals surface area contributed by atoms with E-state index in [-0.39, 0.29) is 6.61 Å². The Morgan fingerprint density at radius 2 is 1.94 bits per heavy atom. The molecule has 1 rings (SSSR count). The van der Waals surface area contributed by atoms with Crippen LogP contribution in [0.5, 0.6) is 0 Å². The van der Waals surface area contributed by atoms with Gasteiger partial charge in [0, 0.05) is 0 Å². The number of esters is 1. The molecule has 0 fully saturated rings. The Labute approximate surface area is 99.5 Å². The van der Waals surface area contributed by atoms with Crippen LogP contribution in [0.15, 0.2) is 30.3 Å². The average Bonchev–Trinajstić information content (AvgIpc) is 2.38. The van der Waals surface area contributed by atoms with Crippen molar-refractivity contribution in [3.05, 3.63) is 35.9 Å². The van der Waals surface area contributed by atoms with Crippen molar-refractivity contribution in [1.29, 1.82) is 0 Å². The summed E-state index contributed by atoms with van der Waals surface area (Å²) in [6.07, 6.45) is 0. The molecule has 0 aromatic heterocycles. The van der Waals surface area contributed by atoms with Crippen LogP contribution in [0.2, 0.25) is 0 Å². The molecule has 0 spiro atoms. The fourth-order valence-corrected chi connectivity index (χ4v) is 1.21. The molecule has 1 atom stereocenters. The molecule has 2 N–H and O–H groups in total. The van der Waals surface area contributed by atoms with Crippen LogP contribution in [0.25, 0.3) is 0 Å². The van der Waals surface area contributed by atoms with Gasteiger partial charge in [-0.3, -0.25) is 4.79 Å². The van der Waals surface area contributed by atoms with Gasteiger partial charge in [0.15, 0.2) is 0 Å². The van der Waals surface area contributed by atoms with Gasteiger partial charge in [0.1, 0.15) is 0 Å². The molecule has 0 amide bonds. The van der Waals surface area contributed by atoms with Gasteiger partial charge in [-0.15, -0.1) is 0 Å². The lowest BCUT2D eigenvalue weighted by atomic mass is 10.2. The Hall–Kier alpha value is -1.72. The summed E-state index contributed by atoms with van der Waals surface area (Å²) in [5, 5.41) is 0. The van der Waals surface area contributed by atoms with Crippen molar-refractivity contribution in [2.24, 2.45) is 5.73 Å². The lowest BCUT2D eigenvalue weighted by molar-refractivity contribution is -0.152. The van der Waals surface area contributed by atoms with Crippen LogP contribution in [0, 0.1) is 0 Å². The summed E-state index contributed by atoms with van der Waals surface area (Å²) >= 11 is 0. The van der Waals surface area contributed by atoms with Crippen LogP contribution in [-0.2, 0) is 25.7 Å². The molecule has 0 radical (unpaired) electrons. The molecule has 0 saturated carbocycles. The Balaban J connectivity index is 2.32. The Bertz CT molecular complexity index is 377. The summed E-state index contributed by atoms with van der Waals surface area (Å²) in [5.74, 6) is -1.72. The third kappa shape index (κ3) is 4.34. The zero-order chi connectivity index (χ0) is 12.7. The number of carbonyl (C=O) groups excluding carboxylic acids is 2. The third-order valence-corrected chi connectivity index (χ3v) is 2.13. The van der Waals surface area contributed by atoms with E-state index in [1.807, 2.05) is 30.3 Å². The summed E-state index contributed by atoms with van der Waals surface area (Å²) in [6.45, 7) is 0.339. The van der Waals surface area contributed by atoms with Gasteiger partial charge in [-0.2, -0.15) is 0 Å². The minimum Gasteiger partial charge on any atom is -0.463 e. The molecule has 0 aliphatic carbocycles. The van der Waals surface area contributed by atoms with Crippen molar-refractivity contribution in [3.8, 4) is 0 Å². The van der Waals surface area contributed by atoms with Gasteiger partial charge in [0.05, 0.1) is 26.4 Å². The smallest absolute Gasteiger partial charge is 0.376 e. The molecule has 0 saturated heterocycles. The Morgan fingerprint density at radius 1 is 1.29 bits per heavy atom. The number of ether oxygens (including phenoxy) is 2. The standard InChI is InChI=1S/C12H15NO4/c1-16-12(15)11(14)10(13)8-17-7-9-5-3-2-4-6-9/h2-6,10H,7-8,13H2,1H3/t10-/m0/s1. The monoisotopic (exact) mass is 237 g/mol. The van der Waals surface area contributed by atoms with E-state index < -0.39 is 17.8 Å². The molecule has 17 heavy (non-hydrogen) atoms. The van der Waals surface area contributed by atoms with Crippen molar-refractivity contribution in [1.82, 2.24) is 0 Å². The number of hydrogen-bond donors (Lipinski definition) is 1. The number of benzene rings is 1. The van der Waals surface area contributed by atoms with Gasteiger partial charge >= 0.3 is 5.97 Å². The maximum absolute atomic E-state index is 11.2. The fraction of sp³-hybridized carbons (Fsp3) is 0.333. The van der Waals surface area contributed by atoms with Gasteiger partial charge < -0.3 is 15.2 Å². The lowest BCUT2D eigenvalue weighted by Crippen LogP contribution is -2.40. The van der Waals surface area contributed by atoms with E-state index in [0.717, 1.165) is 12.7 Å². The third-order valence-electron chi connectivity index (χ3n) is 2.13. The molecule has 92 valence electrons. The quantitative estimate of drug-likeness (QED) is 0.567. The number of methoxy groups -OCH3 is 1. The van der Waals surface area contributed by atoms with E-state index >= 15 is 0 Å². The molecule has 0 aliphatic rings. The number of hydrogen-bond acceptors (Lipinski definition) is 5. The second-order valence-electron chi connectivity index (χ2n) is 3.46. The first-order valence-corrected chi connectivity index (χ1v) is 5.14. The first kappa shape index (κ1) is 13.3. The number of nitrogens with two attached hydrogens (primary N) is 1. The molecule has 1 aromatic carbocycles. The van der Waals surface area contributed by atoms with E-state index in [1.54, 1.807) is 0 Å². The zero-order valence-electron chi connectivity index (χ0n) is 9.59. The number of ketones is 1. The van der Waals surface area contributed by atoms with Crippen molar-refractivity contribution in [2.75, 3.05) is 13.7 Å². The minimum atomic E-state index is -0.980. The highest BCUT2D eigenvalue weighted by Gasteiger charge is 2.22. The van der Waals surface area contributed by atoms with Crippen LogP contribution >= 0.6 is 0 Å². The van der Waals surface area contributed by atoms with Gasteiger partial charge in [-0.1, -0.05) is 30.3 Å². The van der Waals surface area contributed by atoms with E-state index in [4.69, 9.17) is 10.5 Å². The van der Waals surface area contributed by atoms with Gasteiger partial charge in [0.25, 0.3) is 5.78 Å². The molecular weight excluding hydrogens is 222 g/mol. The van der Waals surface area contributed by atoms with Gasteiger partial charge in [-0.05, 0) is 5.56 Å². The normalized spacial score (nSPS) is 11.9. The van der Waals surface area contributed by atoms with Crippen LogP contribution in [-0.4, -0.2) is 31.5 Å². The predicted molar refractivity (Wildman–Crippen MR) is 61.1 cm³/mol. The number of rotatable bonds is 6. The molecule has 0 aliphatic heterocycles. The van der Waals surface area contributed by atoms with Crippen molar-refractivity contribution >= 4 is 11.8 Å². The summed E-state index contributed by atoms with van der Waals surface area (Å²) in [4.78, 5) is 22.1. The van der Waals surface area contributed by atoms with Crippen molar-refractivity contribution < 1.29 is 19.1 Å². The maximum Gasteiger partial charge on any atom is 0.376 e. The highest BCUT2D eigenvalue weighted by molar-refractivity contribution is 6.35. The number of Topliss-reactive ketones (excluding diaryl/α,β-unsaturated/α-hetero) is 1. The highest BCUT2D eigenvalue weighted by Crippen LogP contribution is 2.00. The minimum absolute atomic E-state index is 0.0111. The molecular formula is C12H15NO4. The second-order valence-corrected chi connectivity index (χ2v) is 3.46. The highest BCUT2D eigenvalue weighted by atomic mass is 16.5. The molecule has 0 unspecified atom stereocenters. The molecule has 0 heterocycles. The van der Waals surface area contributed by atoms with Crippen LogP contribution < -0.4 is 5.73 Å². The van der Waals surface area contributed by atoms with Crippen LogP contribution in [0.3, 0.4) is 0 Å². The molecule has 1 aromatic rings. The first-order chi connectivity index (χ1) is 8.15. The van der Waals surface area contributed by atoms with Crippen LogP contribution in [0.4, 0.5) is 0 Å². The van der Waals surface area contributed by atoms with Gasteiger partial charge in [0.2, 0.25) is 0 Å². The molecule has 5 nitrogen and oxygen atoms in total. The lowest BCUT2D eigenvalue weighted by Gasteiger charge is -2.09. The average molecular weight is 237 g/mol. The van der Waals surface area contributed by atoms with Crippen molar-refractivity contribution in [2.45, 2.75) is 12.6 Å². The van der Waals surface area contributed by atoms with E-state index in [1.165, 1.54) is 0 Å². The second kappa shape index (κ2) is 6.78. The predicted octanol–water partition coefficient (Wildman–Crippen LogP) is 0.273. The summed E-state index contributed by atoms with van der Waals surface area (Å²) < 4.78 is 9.52. The van der Waals surface area contributed by atoms with Crippen LogP contribution in [0.1, 0.15) is 5.56 Å². The van der Waals surface area contributed by atoms with E-state index in [9.17, 15) is 9.59 Å². The fourth-order valence-electron chi connectivity index (χ4n) is 1.21. The van der Waals surface area contributed by atoms with E-state index in [2.05, 4.69) is 4.74 Å². The maximum atomic E-state index is 11.2. The Kier molecular flexibility index (Phi) is 5.32. The summed E-state index contributed by atoms with van der Waals surface area (Å²) in [5.41, 5.74) is 6.46. The summed E-state index contributed by atoms with van der Waals surface area (Å²) in [7, 11) is 1.14. The topological polar surface area (TPSA) is 78.6 Å². The number of carbonyl (C=O) groups is 2. The SMILES string of the molecule is COC(=O)C(=O)[C@@H](N)COCc1ccccc1.